The third-order valence-corrected chi connectivity index (χ3v) is 0.797. The molecule has 0 aromatic heterocycles. The molecule has 0 aromatic carbocycles. The topological polar surface area (TPSA) is 60.7 Å². The van der Waals surface area contributed by atoms with Gasteiger partial charge in [0.1, 0.15) is 0 Å². The maximum atomic E-state index is 8.22. The van der Waals surface area contributed by atoms with Crippen LogP contribution in [0.25, 0.3) is 0 Å². The van der Waals surface area contributed by atoms with Crippen molar-refractivity contribution < 1.29 is 15.3 Å². The highest BCUT2D eigenvalue weighted by atomic mass is 16.5. The zero-order valence-electron chi connectivity index (χ0n) is 4.20. The fourth-order valence-electron chi connectivity index (χ4n) is 0.0943. The van der Waals surface area contributed by atoms with Crippen molar-refractivity contribution in [2.45, 2.75) is 13.2 Å². The van der Waals surface area contributed by atoms with E-state index in [1.54, 1.807) is 6.92 Å². The van der Waals surface area contributed by atoms with Crippen molar-refractivity contribution in [2.75, 3.05) is 6.61 Å². The molecule has 0 rings (SSSR count). The van der Waals surface area contributed by atoms with Crippen molar-refractivity contribution in [1.29, 1.82) is 0 Å². The van der Waals surface area contributed by atoms with Crippen molar-refractivity contribution in [3.8, 4) is 0 Å². The van der Waals surface area contributed by atoms with Crippen molar-refractivity contribution in [3.63, 3.8) is 0 Å². The van der Waals surface area contributed by atoms with Crippen LogP contribution in [0.4, 0.5) is 0 Å². The molecule has 0 amide bonds. The van der Waals surface area contributed by atoms with Crippen molar-refractivity contribution in [3.05, 3.63) is 0 Å². The van der Waals surface area contributed by atoms with Crippen LogP contribution in [0.3, 0.4) is 0 Å². The van der Waals surface area contributed by atoms with Gasteiger partial charge in [0.05, 0.1) is 6.61 Å². The van der Waals surface area contributed by atoms with Crippen LogP contribution in [0.1, 0.15) is 6.92 Å². The van der Waals surface area contributed by atoms with Gasteiger partial charge in [-0.05, 0) is 0 Å². The lowest BCUT2D eigenvalue weighted by Crippen LogP contribution is -2.19. The van der Waals surface area contributed by atoms with Crippen molar-refractivity contribution in [2.24, 2.45) is 5.92 Å². The van der Waals surface area contributed by atoms with Crippen LogP contribution < -0.4 is 0 Å². The summed E-state index contributed by atoms with van der Waals surface area (Å²) in [6, 6.07) is 0. The summed E-state index contributed by atoms with van der Waals surface area (Å²) in [7, 11) is 0. The molecule has 0 spiro atoms. The highest BCUT2D eigenvalue weighted by Gasteiger charge is 2.06. The molecule has 0 aliphatic carbocycles. The Hall–Kier alpha value is -0.120. The Balaban J connectivity index is 3.14. The van der Waals surface area contributed by atoms with Gasteiger partial charge in [0.15, 0.2) is 6.29 Å². The van der Waals surface area contributed by atoms with E-state index in [0.29, 0.717) is 0 Å². The van der Waals surface area contributed by atoms with E-state index in [1.807, 2.05) is 0 Å². The first-order chi connectivity index (χ1) is 3.18. The van der Waals surface area contributed by atoms with Gasteiger partial charge in [0.25, 0.3) is 0 Å². The van der Waals surface area contributed by atoms with E-state index in [2.05, 4.69) is 0 Å². The van der Waals surface area contributed by atoms with Crippen molar-refractivity contribution >= 4 is 0 Å². The molecule has 0 aliphatic heterocycles. The first-order valence-electron chi connectivity index (χ1n) is 2.15. The SMILES string of the molecule is C[C@H](CO)C(O)O. The van der Waals surface area contributed by atoms with E-state index in [1.165, 1.54) is 0 Å². The van der Waals surface area contributed by atoms with Crippen LogP contribution in [0.15, 0.2) is 0 Å². The number of hydrogen-bond acceptors (Lipinski definition) is 3. The monoisotopic (exact) mass is 106 g/mol. The minimum Gasteiger partial charge on any atom is -0.396 e. The largest absolute Gasteiger partial charge is 0.396 e. The number of aliphatic hydroxyl groups excluding tert-OH is 2. The van der Waals surface area contributed by atoms with Gasteiger partial charge in [0, 0.05) is 5.92 Å². The van der Waals surface area contributed by atoms with Crippen molar-refractivity contribution in [1.82, 2.24) is 0 Å². The lowest BCUT2D eigenvalue weighted by atomic mass is 10.2. The highest BCUT2D eigenvalue weighted by molar-refractivity contribution is 4.47. The maximum Gasteiger partial charge on any atom is 0.156 e. The minimum absolute atomic E-state index is 0.183. The van der Waals surface area contributed by atoms with E-state index in [0.717, 1.165) is 0 Å². The second kappa shape index (κ2) is 2.96. The standard InChI is InChI=1S/C4H10O3/c1-3(2-5)4(6)7/h3-7H,2H2,1H3/t3-/m1/s1. The van der Waals surface area contributed by atoms with Gasteiger partial charge in [-0.15, -0.1) is 0 Å². The zero-order valence-corrected chi connectivity index (χ0v) is 4.20. The maximum absolute atomic E-state index is 8.22. The van der Waals surface area contributed by atoms with Gasteiger partial charge < -0.3 is 15.3 Å². The predicted molar refractivity (Wildman–Crippen MR) is 24.5 cm³/mol. The number of rotatable bonds is 2. The summed E-state index contributed by atoms with van der Waals surface area (Å²) in [4.78, 5) is 0. The molecular weight excluding hydrogens is 96.0 g/mol. The summed E-state index contributed by atoms with van der Waals surface area (Å²) in [6.07, 6.45) is -1.38. The molecule has 3 heteroatoms. The lowest BCUT2D eigenvalue weighted by Gasteiger charge is -2.07. The minimum atomic E-state index is -1.38. The first-order valence-corrected chi connectivity index (χ1v) is 2.15. The van der Waals surface area contributed by atoms with E-state index >= 15 is 0 Å². The average Bonchev–Trinajstić information content (AvgIpc) is 1.65. The molecule has 44 valence electrons. The first kappa shape index (κ1) is 6.88. The second-order valence-electron chi connectivity index (χ2n) is 1.57. The van der Waals surface area contributed by atoms with E-state index in [-0.39, 0.29) is 6.61 Å². The summed E-state index contributed by atoms with van der Waals surface area (Å²) in [5.74, 6) is -0.431. The Morgan fingerprint density at radius 1 is 1.43 bits per heavy atom. The molecule has 0 aromatic rings. The van der Waals surface area contributed by atoms with Gasteiger partial charge in [-0.3, -0.25) is 0 Å². The summed E-state index contributed by atoms with van der Waals surface area (Å²) < 4.78 is 0. The van der Waals surface area contributed by atoms with Gasteiger partial charge in [-0.25, -0.2) is 0 Å². The van der Waals surface area contributed by atoms with Crippen LogP contribution in [0.5, 0.6) is 0 Å². The van der Waals surface area contributed by atoms with Gasteiger partial charge >= 0.3 is 0 Å². The summed E-state index contributed by atoms with van der Waals surface area (Å²) in [5.41, 5.74) is 0. The van der Waals surface area contributed by atoms with E-state index in [9.17, 15) is 0 Å². The molecular formula is C4H10O3. The molecule has 0 fully saturated rings. The normalized spacial score (nSPS) is 15.0. The highest BCUT2D eigenvalue weighted by Crippen LogP contribution is 1.95. The van der Waals surface area contributed by atoms with Gasteiger partial charge in [0.2, 0.25) is 0 Å². The fraction of sp³-hybridized carbons (Fsp3) is 1.00. The van der Waals surface area contributed by atoms with Crippen LogP contribution in [0.2, 0.25) is 0 Å². The lowest BCUT2D eigenvalue weighted by molar-refractivity contribution is -0.0903. The molecule has 0 aliphatic rings. The quantitative estimate of drug-likeness (QED) is 0.393. The van der Waals surface area contributed by atoms with Gasteiger partial charge in [-0.1, -0.05) is 6.92 Å². The molecule has 7 heavy (non-hydrogen) atoms. The Morgan fingerprint density at radius 2 is 1.86 bits per heavy atom. The second-order valence-corrected chi connectivity index (χ2v) is 1.57. The van der Waals surface area contributed by atoms with E-state index in [4.69, 9.17) is 15.3 Å². The molecule has 1 atom stereocenters. The third kappa shape index (κ3) is 2.56. The van der Waals surface area contributed by atoms with Crippen LogP contribution >= 0.6 is 0 Å². The van der Waals surface area contributed by atoms with Gasteiger partial charge in [-0.2, -0.15) is 0 Å². The Labute approximate surface area is 42.2 Å². The predicted octanol–water partition coefficient (Wildman–Crippen LogP) is -1.07. The Kier molecular flexibility index (Phi) is 2.91. The average molecular weight is 106 g/mol. The number of aliphatic hydroxyl groups is 3. The Morgan fingerprint density at radius 3 is 1.86 bits per heavy atom. The molecule has 0 unspecified atom stereocenters. The Bertz CT molecular complexity index is 44.2. The third-order valence-electron chi connectivity index (χ3n) is 0.797. The van der Waals surface area contributed by atoms with Crippen LogP contribution in [-0.2, 0) is 0 Å². The summed E-state index contributed by atoms with van der Waals surface area (Å²) in [5, 5.41) is 24.6. The summed E-state index contributed by atoms with van der Waals surface area (Å²) in [6.45, 7) is 1.36. The molecule has 3 N–H and O–H groups in total. The summed E-state index contributed by atoms with van der Waals surface area (Å²) >= 11 is 0. The molecule has 3 nitrogen and oxygen atoms in total. The van der Waals surface area contributed by atoms with E-state index < -0.39 is 12.2 Å². The smallest absolute Gasteiger partial charge is 0.156 e. The number of hydrogen-bond donors (Lipinski definition) is 3. The molecule has 0 bridgehead atoms. The van der Waals surface area contributed by atoms with Crippen LogP contribution in [-0.4, -0.2) is 28.2 Å². The zero-order chi connectivity index (χ0) is 5.86. The van der Waals surface area contributed by atoms with Crippen LogP contribution in [0, 0.1) is 5.92 Å². The molecule has 0 radical (unpaired) electrons. The fourth-order valence-corrected chi connectivity index (χ4v) is 0.0943. The molecule has 0 saturated carbocycles. The molecule has 0 heterocycles. The molecule has 0 saturated heterocycles.